The Balaban J connectivity index is 1.85. The number of carbonyl (C=O) groups excluding carboxylic acids is 2. The SMILES string of the molecule is COC(=O)C1=C(CNCc2ccccc2)NC(=O)NC1c1ccccc1. The summed E-state index contributed by atoms with van der Waals surface area (Å²) in [5.74, 6) is -0.470. The van der Waals surface area contributed by atoms with E-state index in [2.05, 4.69) is 16.0 Å². The molecule has 0 aromatic heterocycles. The van der Waals surface area contributed by atoms with Crippen molar-refractivity contribution in [3.63, 3.8) is 0 Å². The predicted molar refractivity (Wildman–Crippen MR) is 98.0 cm³/mol. The lowest BCUT2D eigenvalue weighted by molar-refractivity contribution is -0.136. The summed E-state index contributed by atoms with van der Waals surface area (Å²) >= 11 is 0. The van der Waals surface area contributed by atoms with Gasteiger partial charge < -0.3 is 20.7 Å². The Kier molecular flexibility index (Phi) is 5.66. The van der Waals surface area contributed by atoms with Crippen molar-refractivity contribution in [1.82, 2.24) is 16.0 Å². The fourth-order valence-corrected chi connectivity index (χ4v) is 2.93. The molecule has 0 saturated carbocycles. The average Bonchev–Trinajstić information content (AvgIpc) is 2.68. The minimum atomic E-state index is -0.550. The molecule has 1 aliphatic rings. The van der Waals surface area contributed by atoms with Gasteiger partial charge in [0.1, 0.15) is 0 Å². The lowest BCUT2D eigenvalue weighted by atomic mass is 9.95. The molecule has 0 spiro atoms. The summed E-state index contributed by atoms with van der Waals surface area (Å²) in [6.45, 7) is 0.966. The second-order valence-corrected chi connectivity index (χ2v) is 5.92. The summed E-state index contributed by atoms with van der Waals surface area (Å²) in [5.41, 5.74) is 2.86. The molecule has 2 amide bonds. The normalized spacial score (nSPS) is 16.7. The number of rotatable bonds is 6. The number of amides is 2. The number of hydrogen-bond acceptors (Lipinski definition) is 4. The number of carbonyl (C=O) groups is 2. The second-order valence-electron chi connectivity index (χ2n) is 5.92. The fraction of sp³-hybridized carbons (Fsp3) is 0.200. The molecule has 2 aromatic carbocycles. The van der Waals surface area contributed by atoms with Crippen molar-refractivity contribution in [2.75, 3.05) is 13.7 Å². The molecule has 3 N–H and O–H groups in total. The Morgan fingerprint density at radius 3 is 2.35 bits per heavy atom. The van der Waals surface area contributed by atoms with Crippen LogP contribution in [0.25, 0.3) is 0 Å². The molecule has 0 aliphatic carbocycles. The number of hydrogen-bond donors (Lipinski definition) is 3. The molecule has 1 atom stereocenters. The molecule has 1 unspecified atom stereocenters. The van der Waals surface area contributed by atoms with Gasteiger partial charge in [0.25, 0.3) is 0 Å². The topological polar surface area (TPSA) is 79.5 Å². The zero-order valence-electron chi connectivity index (χ0n) is 14.5. The lowest BCUT2D eigenvalue weighted by Gasteiger charge is -2.29. The molecular weight excluding hydrogens is 330 g/mol. The van der Waals surface area contributed by atoms with Gasteiger partial charge in [-0.1, -0.05) is 60.7 Å². The van der Waals surface area contributed by atoms with Gasteiger partial charge >= 0.3 is 12.0 Å². The Morgan fingerprint density at radius 2 is 1.69 bits per heavy atom. The third kappa shape index (κ3) is 4.10. The van der Waals surface area contributed by atoms with Crippen molar-refractivity contribution in [3.05, 3.63) is 83.1 Å². The highest BCUT2D eigenvalue weighted by atomic mass is 16.5. The zero-order valence-corrected chi connectivity index (χ0v) is 14.5. The molecule has 1 heterocycles. The molecule has 0 bridgehead atoms. The van der Waals surface area contributed by atoms with Crippen molar-refractivity contribution < 1.29 is 14.3 Å². The molecule has 3 rings (SSSR count). The van der Waals surface area contributed by atoms with Crippen molar-refractivity contribution in [2.24, 2.45) is 0 Å². The lowest BCUT2D eigenvalue weighted by Crippen LogP contribution is -2.47. The summed E-state index contributed by atoms with van der Waals surface area (Å²) in [4.78, 5) is 24.5. The first-order valence-electron chi connectivity index (χ1n) is 8.37. The van der Waals surface area contributed by atoms with Gasteiger partial charge in [-0.25, -0.2) is 9.59 Å². The van der Waals surface area contributed by atoms with Crippen LogP contribution in [0.3, 0.4) is 0 Å². The number of benzene rings is 2. The zero-order chi connectivity index (χ0) is 18.4. The van der Waals surface area contributed by atoms with Crippen LogP contribution < -0.4 is 16.0 Å². The summed E-state index contributed by atoms with van der Waals surface area (Å²) in [5, 5.41) is 8.80. The van der Waals surface area contributed by atoms with Gasteiger partial charge in [-0.2, -0.15) is 0 Å². The summed E-state index contributed by atoms with van der Waals surface area (Å²) < 4.78 is 4.96. The fourth-order valence-electron chi connectivity index (χ4n) is 2.93. The standard InChI is InChI=1S/C20H21N3O3/c1-26-19(24)17-16(13-21-12-14-8-4-2-5-9-14)22-20(25)23-18(17)15-10-6-3-7-11-15/h2-11,18,21H,12-13H2,1H3,(H2,22,23,25). The maximum Gasteiger partial charge on any atom is 0.338 e. The van der Waals surface area contributed by atoms with Crippen LogP contribution in [-0.2, 0) is 16.1 Å². The second kappa shape index (κ2) is 8.31. The third-order valence-electron chi connectivity index (χ3n) is 4.17. The smallest absolute Gasteiger partial charge is 0.338 e. The summed E-state index contributed by atoms with van der Waals surface area (Å²) in [7, 11) is 1.34. The molecule has 0 radical (unpaired) electrons. The van der Waals surface area contributed by atoms with E-state index in [4.69, 9.17) is 4.74 Å². The summed E-state index contributed by atoms with van der Waals surface area (Å²) in [6.07, 6.45) is 0. The molecule has 134 valence electrons. The highest BCUT2D eigenvalue weighted by Gasteiger charge is 2.33. The van der Waals surface area contributed by atoms with E-state index in [1.165, 1.54) is 7.11 Å². The van der Waals surface area contributed by atoms with Crippen LogP contribution in [0.5, 0.6) is 0 Å². The monoisotopic (exact) mass is 351 g/mol. The van der Waals surface area contributed by atoms with E-state index in [0.29, 0.717) is 24.4 Å². The van der Waals surface area contributed by atoms with Crippen LogP contribution in [-0.4, -0.2) is 25.7 Å². The minimum absolute atomic E-state index is 0.343. The number of methoxy groups -OCH3 is 1. The highest BCUT2D eigenvalue weighted by Crippen LogP contribution is 2.27. The molecule has 2 aromatic rings. The maximum absolute atomic E-state index is 12.4. The quantitative estimate of drug-likeness (QED) is 0.698. The van der Waals surface area contributed by atoms with Gasteiger partial charge in [0.05, 0.1) is 18.7 Å². The van der Waals surface area contributed by atoms with Crippen LogP contribution in [0.1, 0.15) is 17.2 Å². The Labute approximate surface area is 152 Å². The molecule has 0 fully saturated rings. The van der Waals surface area contributed by atoms with Gasteiger partial charge in [-0.05, 0) is 11.1 Å². The molecule has 0 saturated heterocycles. The highest BCUT2D eigenvalue weighted by molar-refractivity contribution is 5.95. The first kappa shape index (κ1) is 17.7. The number of nitrogens with one attached hydrogen (secondary N) is 3. The molecular formula is C20H21N3O3. The first-order chi connectivity index (χ1) is 12.7. The van der Waals surface area contributed by atoms with Gasteiger partial charge in [0, 0.05) is 18.8 Å². The molecule has 26 heavy (non-hydrogen) atoms. The summed E-state index contributed by atoms with van der Waals surface area (Å²) in [6, 6.07) is 18.4. The number of ether oxygens (including phenoxy) is 1. The number of urea groups is 1. The van der Waals surface area contributed by atoms with Crippen LogP contribution in [0.15, 0.2) is 71.9 Å². The number of esters is 1. The minimum Gasteiger partial charge on any atom is -0.466 e. The molecule has 6 heteroatoms. The van der Waals surface area contributed by atoms with Gasteiger partial charge in [0.2, 0.25) is 0 Å². The Hall–Kier alpha value is -3.12. The van der Waals surface area contributed by atoms with Gasteiger partial charge in [0.15, 0.2) is 0 Å². The largest absolute Gasteiger partial charge is 0.466 e. The first-order valence-corrected chi connectivity index (χ1v) is 8.37. The van der Waals surface area contributed by atoms with Crippen LogP contribution in [0.4, 0.5) is 4.79 Å². The predicted octanol–water partition coefficient (Wildman–Crippen LogP) is 2.26. The Morgan fingerprint density at radius 1 is 1.04 bits per heavy atom. The van der Waals surface area contributed by atoms with E-state index in [9.17, 15) is 9.59 Å². The van der Waals surface area contributed by atoms with Crippen molar-refractivity contribution >= 4 is 12.0 Å². The van der Waals surface area contributed by atoms with Gasteiger partial charge in [-0.15, -0.1) is 0 Å². The van der Waals surface area contributed by atoms with Crippen molar-refractivity contribution in [2.45, 2.75) is 12.6 Å². The van der Waals surface area contributed by atoms with Crippen molar-refractivity contribution in [1.29, 1.82) is 0 Å². The van der Waals surface area contributed by atoms with Crippen LogP contribution in [0.2, 0.25) is 0 Å². The average molecular weight is 351 g/mol. The van der Waals surface area contributed by atoms with E-state index < -0.39 is 12.0 Å². The van der Waals surface area contributed by atoms with Crippen molar-refractivity contribution in [3.8, 4) is 0 Å². The third-order valence-corrected chi connectivity index (χ3v) is 4.17. The van der Waals surface area contributed by atoms with E-state index in [1.54, 1.807) is 0 Å². The van der Waals surface area contributed by atoms with E-state index >= 15 is 0 Å². The Bertz CT molecular complexity index is 804. The molecule has 1 aliphatic heterocycles. The van der Waals surface area contributed by atoms with E-state index in [1.807, 2.05) is 60.7 Å². The van der Waals surface area contributed by atoms with E-state index in [0.717, 1.165) is 11.1 Å². The van der Waals surface area contributed by atoms with Gasteiger partial charge in [-0.3, -0.25) is 0 Å². The maximum atomic E-state index is 12.4. The van der Waals surface area contributed by atoms with E-state index in [-0.39, 0.29) is 6.03 Å². The van der Waals surface area contributed by atoms with Crippen LogP contribution >= 0.6 is 0 Å². The van der Waals surface area contributed by atoms with Crippen LogP contribution in [0, 0.1) is 0 Å². The molecule has 6 nitrogen and oxygen atoms in total.